The quantitative estimate of drug-likeness (QED) is 0.469. The number of hydrogen-bond acceptors (Lipinski definition) is 6. The van der Waals surface area contributed by atoms with Crippen molar-refractivity contribution in [2.24, 2.45) is 0 Å². The Hall–Kier alpha value is -3.94. The maximum atomic E-state index is 12.6. The van der Waals surface area contributed by atoms with Gasteiger partial charge in [0.1, 0.15) is 23.1 Å². The number of benzene rings is 2. The molecule has 0 fully saturated rings. The third-order valence-electron chi connectivity index (χ3n) is 5.01. The summed E-state index contributed by atoms with van der Waals surface area (Å²) in [5.74, 6) is 0. The summed E-state index contributed by atoms with van der Waals surface area (Å²) in [6.07, 6.45) is 2.77. The molecule has 33 heavy (non-hydrogen) atoms. The molecule has 0 atom stereocenters. The number of ether oxygens (including phenoxy) is 1. The number of nitrogens with zero attached hydrogens (tertiary/aromatic N) is 5. The average molecular weight is 445 g/mol. The van der Waals surface area contributed by atoms with E-state index in [1.54, 1.807) is 6.33 Å². The molecule has 0 spiro atoms. The maximum absolute atomic E-state index is 12.6. The predicted molar refractivity (Wildman–Crippen MR) is 130 cm³/mol. The molecule has 2 aromatic carbocycles. The first-order chi connectivity index (χ1) is 15.7. The van der Waals surface area contributed by atoms with Crippen molar-refractivity contribution >= 4 is 28.6 Å². The summed E-state index contributed by atoms with van der Waals surface area (Å²) >= 11 is 0. The molecule has 2 heterocycles. The minimum absolute atomic E-state index is 0.528. The van der Waals surface area contributed by atoms with E-state index in [-0.39, 0.29) is 0 Å². The summed E-state index contributed by atoms with van der Waals surface area (Å²) in [6, 6.07) is 15.9. The van der Waals surface area contributed by atoms with Gasteiger partial charge in [-0.25, -0.2) is 19.7 Å². The first kappa shape index (κ1) is 22.3. The van der Waals surface area contributed by atoms with Crippen molar-refractivity contribution in [3.63, 3.8) is 0 Å². The van der Waals surface area contributed by atoms with E-state index in [1.807, 2.05) is 80.7 Å². The number of aromatic nitrogens is 4. The molecule has 170 valence electrons. The number of imidazole rings is 1. The van der Waals surface area contributed by atoms with Gasteiger partial charge in [0.25, 0.3) is 0 Å². The van der Waals surface area contributed by atoms with E-state index < -0.39 is 11.7 Å². The Morgan fingerprint density at radius 2 is 1.82 bits per heavy atom. The van der Waals surface area contributed by atoms with Crippen molar-refractivity contribution in [3.8, 4) is 11.3 Å². The zero-order valence-corrected chi connectivity index (χ0v) is 19.5. The van der Waals surface area contributed by atoms with E-state index in [9.17, 15) is 4.79 Å². The second kappa shape index (κ2) is 8.90. The SMILES string of the molecule is CN(C)c1ccc(-c2ncnc3c2ncn3Cc2ccccc2)c(NC(=O)OC(C)(C)C)c1. The van der Waals surface area contributed by atoms with Gasteiger partial charge >= 0.3 is 6.09 Å². The first-order valence-electron chi connectivity index (χ1n) is 10.7. The number of fused-ring (bicyclic) bond motifs is 1. The zero-order valence-electron chi connectivity index (χ0n) is 19.5. The number of amides is 1. The predicted octanol–water partition coefficient (Wildman–Crippen LogP) is 4.95. The lowest BCUT2D eigenvalue weighted by molar-refractivity contribution is 0.0636. The molecule has 8 heteroatoms. The molecule has 0 aliphatic heterocycles. The number of nitrogens with one attached hydrogen (secondary N) is 1. The molecular formula is C25H28N6O2. The Kier molecular flexibility index (Phi) is 6.00. The molecule has 1 amide bonds. The summed E-state index contributed by atoms with van der Waals surface area (Å²) in [4.78, 5) is 28.1. The van der Waals surface area contributed by atoms with Gasteiger partial charge in [0.05, 0.1) is 18.6 Å². The summed E-state index contributed by atoms with van der Waals surface area (Å²) in [7, 11) is 3.89. The van der Waals surface area contributed by atoms with Crippen LogP contribution in [0.25, 0.3) is 22.4 Å². The molecule has 0 unspecified atom stereocenters. The lowest BCUT2D eigenvalue weighted by atomic mass is 10.1. The van der Waals surface area contributed by atoms with Crippen molar-refractivity contribution < 1.29 is 9.53 Å². The van der Waals surface area contributed by atoms with Crippen LogP contribution in [-0.4, -0.2) is 45.3 Å². The van der Waals surface area contributed by atoms with Gasteiger partial charge in [-0.1, -0.05) is 30.3 Å². The highest BCUT2D eigenvalue weighted by Gasteiger charge is 2.20. The zero-order chi connectivity index (χ0) is 23.6. The molecule has 2 aromatic heterocycles. The van der Waals surface area contributed by atoms with Gasteiger partial charge in [0.15, 0.2) is 5.65 Å². The first-order valence-corrected chi connectivity index (χ1v) is 10.7. The Balaban J connectivity index is 1.76. The second-order valence-electron chi connectivity index (χ2n) is 9.00. The van der Waals surface area contributed by atoms with E-state index in [0.29, 0.717) is 23.4 Å². The molecule has 0 saturated heterocycles. The molecule has 1 N–H and O–H groups in total. The van der Waals surface area contributed by atoms with Gasteiger partial charge in [0, 0.05) is 25.3 Å². The van der Waals surface area contributed by atoms with Crippen LogP contribution in [0, 0.1) is 0 Å². The van der Waals surface area contributed by atoms with Crippen molar-refractivity contribution in [3.05, 3.63) is 66.7 Å². The molecule has 0 saturated carbocycles. The summed E-state index contributed by atoms with van der Waals surface area (Å²) in [6.45, 7) is 6.14. The molecular weight excluding hydrogens is 416 g/mol. The molecule has 4 rings (SSSR count). The monoisotopic (exact) mass is 444 g/mol. The van der Waals surface area contributed by atoms with Crippen LogP contribution >= 0.6 is 0 Å². The minimum Gasteiger partial charge on any atom is -0.444 e. The van der Waals surface area contributed by atoms with Crippen LogP contribution in [0.1, 0.15) is 26.3 Å². The Labute approximate surface area is 193 Å². The highest BCUT2D eigenvalue weighted by molar-refractivity contribution is 5.97. The Morgan fingerprint density at radius 1 is 1.06 bits per heavy atom. The number of anilines is 2. The summed E-state index contributed by atoms with van der Waals surface area (Å²) in [5, 5.41) is 2.89. The van der Waals surface area contributed by atoms with Crippen LogP contribution < -0.4 is 10.2 Å². The van der Waals surface area contributed by atoms with Crippen LogP contribution in [0.3, 0.4) is 0 Å². The van der Waals surface area contributed by atoms with Gasteiger partial charge in [-0.3, -0.25) is 5.32 Å². The van der Waals surface area contributed by atoms with Gasteiger partial charge < -0.3 is 14.2 Å². The van der Waals surface area contributed by atoms with Crippen LogP contribution in [0.4, 0.5) is 16.2 Å². The molecule has 0 radical (unpaired) electrons. The topological polar surface area (TPSA) is 85.2 Å². The van der Waals surface area contributed by atoms with Crippen molar-refractivity contribution in [1.29, 1.82) is 0 Å². The van der Waals surface area contributed by atoms with Crippen LogP contribution in [0.2, 0.25) is 0 Å². The normalized spacial score (nSPS) is 11.4. The summed E-state index contributed by atoms with van der Waals surface area (Å²) < 4.78 is 7.47. The summed E-state index contributed by atoms with van der Waals surface area (Å²) in [5.41, 5.74) is 4.84. The lowest BCUT2D eigenvalue weighted by Gasteiger charge is -2.21. The van der Waals surface area contributed by atoms with Crippen LogP contribution in [0.15, 0.2) is 61.2 Å². The van der Waals surface area contributed by atoms with E-state index in [2.05, 4.69) is 32.4 Å². The highest BCUT2D eigenvalue weighted by atomic mass is 16.6. The molecule has 4 aromatic rings. The molecule has 8 nitrogen and oxygen atoms in total. The highest BCUT2D eigenvalue weighted by Crippen LogP contribution is 2.34. The standard InChI is InChI=1S/C25H28N6O2/c1-25(2,3)33-24(32)29-20-13-18(30(4)5)11-12-19(20)21-22-23(27-15-26-21)31(16-28-22)14-17-9-7-6-8-10-17/h6-13,15-16H,14H2,1-5H3,(H,29,32). The lowest BCUT2D eigenvalue weighted by Crippen LogP contribution is -2.27. The van der Waals surface area contributed by atoms with Gasteiger partial charge in [0.2, 0.25) is 0 Å². The van der Waals surface area contributed by atoms with E-state index >= 15 is 0 Å². The fourth-order valence-corrected chi connectivity index (χ4v) is 3.51. The molecule has 0 bridgehead atoms. The van der Waals surface area contributed by atoms with Crippen LogP contribution in [0.5, 0.6) is 0 Å². The molecule has 0 aliphatic carbocycles. The maximum Gasteiger partial charge on any atom is 0.412 e. The third-order valence-corrected chi connectivity index (χ3v) is 5.01. The third kappa shape index (κ3) is 5.11. The van der Waals surface area contributed by atoms with Crippen molar-refractivity contribution in [1.82, 2.24) is 19.5 Å². The van der Waals surface area contributed by atoms with Gasteiger partial charge in [-0.05, 0) is 44.5 Å². The van der Waals surface area contributed by atoms with Gasteiger partial charge in [-0.2, -0.15) is 0 Å². The van der Waals surface area contributed by atoms with E-state index in [0.717, 1.165) is 22.5 Å². The van der Waals surface area contributed by atoms with Crippen LogP contribution in [-0.2, 0) is 11.3 Å². The second-order valence-corrected chi connectivity index (χ2v) is 9.00. The number of rotatable bonds is 5. The fourth-order valence-electron chi connectivity index (χ4n) is 3.51. The molecule has 0 aliphatic rings. The van der Waals surface area contributed by atoms with E-state index in [1.165, 1.54) is 6.33 Å². The number of carbonyl (C=O) groups is 1. The Bertz CT molecular complexity index is 1280. The average Bonchev–Trinajstić information content (AvgIpc) is 3.16. The van der Waals surface area contributed by atoms with E-state index in [4.69, 9.17) is 4.74 Å². The van der Waals surface area contributed by atoms with Crippen molar-refractivity contribution in [2.75, 3.05) is 24.3 Å². The number of carbonyl (C=O) groups excluding carboxylic acids is 1. The van der Waals surface area contributed by atoms with Crippen molar-refractivity contribution in [2.45, 2.75) is 32.9 Å². The largest absolute Gasteiger partial charge is 0.444 e. The Morgan fingerprint density at radius 3 is 2.52 bits per heavy atom. The minimum atomic E-state index is -0.609. The fraction of sp³-hybridized carbons (Fsp3) is 0.280. The smallest absolute Gasteiger partial charge is 0.412 e. The number of hydrogen-bond donors (Lipinski definition) is 1. The van der Waals surface area contributed by atoms with Gasteiger partial charge in [-0.15, -0.1) is 0 Å².